The topological polar surface area (TPSA) is 15.3 Å². The predicted octanol–water partition coefficient (Wildman–Crippen LogP) is 4.46. The lowest BCUT2D eigenvalue weighted by atomic mass is 10.1. The number of benzene rings is 2. The summed E-state index contributed by atoms with van der Waals surface area (Å²) in [6, 6.07) is 14.4. The molecule has 0 spiro atoms. The smallest absolute Gasteiger partial charge is 0.0426 e. The van der Waals surface area contributed by atoms with Crippen molar-refractivity contribution in [2.75, 3.05) is 19.0 Å². The first-order valence-electron chi connectivity index (χ1n) is 6.49. The largest absolute Gasteiger partial charge is 0.370 e. The molecule has 0 saturated heterocycles. The minimum atomic E-state index is 0.779. The number of nitrogens with one attached hydrogen (secondary N) is 1. The van der Waals surface area contributed by atoms with Crippen molar-refractivity contribution < 1.29 is 0 Å². The highest BCUT2D eigenvalue weighted by Gasteiger charge is 2.06. The fourth-order valence-electron chi connectivity index (χ4n) is 2.11. The first-order valence-corrected chi connectivity index (χ1v) is 7.66. The highest BCUT2D eigenvalue weighted by Crippen LogP contribution is 2.25. The zero-order valence-electron chi connectivity index (χ0n) is 11.7. The van der Waals surface area contributed by atoms with Crippen LogP contribution in [-0.2, 0) is 13.1 Å². The first kappa shape index (κ1) is 15.4. The second kappa shape index (κ2) is 7.11. The number of halogens is 2. The Hall–Kier alpha value is -1.03. The summed E-state index contributed by atoms with van der Waals surface area (Å²) >= 11 is 9.65. The Bertz CT molecular complexity index is 586. The molecule has 0 saturated carbocycles. The van der Waals surface area contributed by atoms with Crippen LogP contribution in [0.2, 0.25) is 5.02 Å². The number of anilines is 1. The Morgan fingerprint density at radius 1 is 1.20 bits per heavy atom. The Kier molecular flexibility index (Phi) is 5.46. The number of hydrogen-bond donors (Lipinski definition) is 1. The third-order valence-corrected chi connectivity index (χ3v) is 4.13. The van der Waals surface area contributed by atoms with E-state index in [2.05, 4.69) is 57.5 Å². The summed E-state index contributed by atoms with van der Waals surface area (Å²) < 4.78 is 1.13. The molecule has 2 nitrogen and oxygen atoms in total. The second-order valence-corrected chi connectivity index (χ2v) is 6.08. The number of rotatable bonds is 5. The van der Waals surface area contributed by atoms with Crippen molar-refractivity contribution in [1.82, 2.24) is 5.32 Å². The van der Waals surface area contributed by atoms with E-state index in [-0.39, 0.29) is 0 Å². The predicted molar refractivity (Wildman–Crippen MR) is 90.5 cm³/mol. The average Bonchev–Trinajstić information content (AvgIpc) is 2.41. The van der Waals surface area contributed by atoms with Gasteiger partial charge in [0.25, 0.3) is 0 Å². The zero-order chi connectivity index (χ0) is 14.5. The van der Waals surface area contributed by atoms with Crippen molar-refractivity contribution in [3.8, 4) is 0 Å². The van der Waals surface area contributed by atoms with Crippen molar-refractivity contribution in [1.29, 1.82) is 0 Å². The van der Waals surface area contributed by atoms with Crippen LogP contribution >= 0.6 is 27.5 Å². The van der Waals surface area contributed by atoms with Crippen LogP contribution in [0.4, 0.5) is 5.69 Å². The highest BCUT2D eigenvalue weighted by molar-refractivity contribution is 9.10. The standard InChI is InChI=1S/C16H18BrClN2/c1-19-10-13-6-7-15(9-16(13)17)20(2)11-12-4-3-5-14(18)8-12/h3-9,19H,10-11H2,1-2H3. The molecule has 2 aromatic rings. The molecule has 0 bridgehead atoms. The van der Waals surface area contributed by atoms with E-state index in [0.717, 1.165) is 22.6 Å². The summed E-state index contributed by atoms with van der Waals surface area (Å²) in [4.78, 5) is 2.21. The monoisotopic (exact) mass is 352 g/mol. The SMILES string of the molecule is CNCc1ccc(N(C)Cc2cccc(Cl)c2)cc1Br. The van der Waals surface area contributed by atoms with E-state index in [1.165, 1.54) is 16.8 Å². The van der Waals surface area contributed by atoms with Crippen molar-refractivity contribution in [2.45, 2.75) is 13.1 Å². The second-order valence-electron chi connectivity index (χ2n) is 4.79. The molecule has 0 aromatic heterocycles. The molecule has 1 N–H and O–H groups in total. The Balaban J connectivity index is 2.13. The van der Waals surface area contributed by atoms with E-state index in [1.54, 1.807) is 0 Å². The van der Waals surface area contributed by atoms with Gasteiger partial charge in [-0.1, -0.05) is 45.7 Å². The Labute approximate surface area is 133 Å². The molecule has 106 valence electrons. The van der Waals surface area contributed by atoms with E-state index >= 15 is 0 Å². The van der Waals surface area contributed by atoms with E-state index in [4.69, 9.17) is 11.6 Å². The van der Waals surface area contributed by atoms with Crippen molar-refractivity contribution in [2.24, 2.45) is 0 Å². The molecular formula is C16H18BrClN2. The first-order chi connectivity index (χ1) is 9.60. The van der Waals surface area contributed by atoms with Gasteiger partial charge in [-0.05, 0) is 42.4 Å². The summed E-state index contributed by atoms with van der Waals surface area (Å²) in [5, 5.41) is 3.94. The quantitative estimate of drug-likeness (QED) is 0.854. The average molecular weight is 354 g/mol. The molecule has 0 atom stereocenters. The molecule has 2 aromatic carbocycles. The van der Waals surface area contributed by atoms with Gasteiger partial charge in [0.1, 0.15) is 0 Å². The van der Waals surface area contributed by atoms with Crippen LogP contribution in [0, 0.1) is 0 Å². The van der Waals surface area contributed by atoms with E-state index < -0.39 is 0 Å². The molecule has 0 fully saturated rings. The molecule has 0 heterocycles. The molecule has 0 radical (unpaired) electrons. The fourth-order valence-corrected chi connectivity index (χ4v) is 2.83. The summed E-state index contributed by atoms with van der Waals surface area (Å²) in [6.45, 7) is 1.69. The van der Waals surface area contributed by atoms with E-state index in [9.17, 15) is 0 Å². The maximum atomic E-state index is 6.02. The molecule has 0 aliphatic rings. The van der Waals surface area contributed by atoms with Gasteiger partial charge < -0.3 is 10.2 Å². The van der Waals surface area contributed by atoms with Gasteiger partial charge in [0.15, 0.2) is 0 Å². The van der Waals surface area contributed by atoms with Gasteiger partial charge in [-0.25, -0.2) is 0 Å². The Morgan fingerprint density at radius 3 is 2.65 bits per heavy atom. The van der Waals surface area contributed by atoms with Crippen LogP contribution in [0.15, 0.2) is 46.9 Å². The lowest BCUT2D eigenvalue weighted by Crippen LogP contribution is -2.16. The third kappa shape index (κ3) is 3.98. The minimum Gasteiger partial charge on any atom is -0.370 e. The van der Waals surface area contributed by atoms with Gasteiger partial charge in [-0.3, -0.25) is 0 Å². The van der Waals surface area contributed by atoms with Crippen molar-refractivity contribution in [3.63, 3.8) is 0 Å². The summed E-state index contributed by atoms with van der Waals surface area (Å²) in [5.74, 6) is 0. The summed E-state index contributed by atoms with van der Waals surface area (Å²) in [6.07, 6.45) is 0. The highest BCUT2D eigenvalue weighted by atomic mass is 79.9. The van der Waals surface area contributed by atoms with Crippen LogP contribution in [0.25, 0.3) is 0 Å². The van der Waals surface area contributed by atoms with Gasteiger partial charge in [0, 0.05) is 35.3 Å². The van der Waals surface area contributed by atoms with Gasteiger partial charge in [0.05, 0.1) is 0 Å². The maximum absolute atomic E-state index is 6.02. The molecule has 0 aliphatic heterocycles. The molecule has 0 amide bonds. The van der Waals surface area contributed by atoms with Gasteiger partial charge in [-0.15, -0.1) is 0 Å². The molecule has 20 heavy (non-hydrogen) atoms. The van der Waals surface area contributed by atoms with E-state index in [1.807, 2.05) is 25.2 Å². The van der Waals surface area contributed by atoms with Crippen LogP contribution in [0.1, 0.15) is 11.1 Å². The molecule has 2 rings (SSSR count). The van der Waals surface area contributed by atoms with Crippen LogP contribution in [-0.4, -0.2) is 14.1 Å². The lowest BCUT2D eigenvalue weighted by Gasteiger charge is -2.20. The van der Waals surface area contributed by atoms with Gasteiger partial charge in [-0.2, -0.15) is 0 Å². The molecule has 4 heteroatoms. The van der Waals surface area contributed by atoms with Gasteiger partial charge in [0.2, 0.25) is 0 Å². The fraction of sp³-hybridized carbons (Fsp3) is 0.250. The molecular weight excluding hydrogens is 336 g/mol. The summed E-state index contributed by atoms with van der Waals surface area (Å²) in [7, 11) is 4.03. The lowest BCUT2D eigenvalue weighted by molar-refractivity contribution is 0.813. The molecule has 0 unspecified atom stereocenters. The van der Waals surface area contributed by atoms with Crippen LogP contribution in [0.3, 0.4) is 0 Å². The van der Waals surface area contributed by atoms with Crippen LogP contribution in [0.5, 0.6) is 0 Å². The van der Waals surface area contributed by atoms with Crippen LogP contribution < -0.4 is 10.2 Å². The Morgan fingerprint density at radius 2 is 2.00 bits per heavy atom. The molecule has 0 aliphatic carbocycles. The third-order valence-electron chi connectivity index (χ3n) is 3.15. The van der Waals surface area contributed by atoms with Crippen molar-refractivity contribution >= 4 is 33.2 Å². The van der Waals surface area contributed by atoms with E-state index in [0.29, 0.717) is 0 Å². The number of hydrogen-bond acceptors (Lipinski definition) is 2. The maximum Gasteiger partial charge on any atom is 0.0426 e. The zero-order valence-corrected chi connectivity index (χ0v) is 14.0. The van der Waals surface area contributed by atoms with Gasteiger partial charge >= 0.3 is 0 Å². The minimum absolute atomic E-state index is 0.779. The number of nitrogens with zero attached hydrogens (tertiary/aromatic N) is 1. The summed E-state index contributed by atoms with van der Waals surface area (Å²) in [5.41, 5.74) is 3.64. The van der Waals surface area contributed by atoms with Crippen molar-refractivity contribution in [3.05, 3.63) is 63.1 Å². The normalized spacial score (nSPS) is 10.6.